The van der Waals surface area contributed by atoms with Gasteiger partial charge in [-0.05, 0) is 67.3 Å². The predicted molar refractivity (Wildman–Crippen MR) is 105 cm³/mol. The minimum Gasteiger partial charge on any atom is -0.497 e. The van der Waals surface area contributed by atoms with Crippen molar-refractivity contribution in [1.29, 1.82) is 0 Å². The fraction of sp³-hybridized carbons (Fsp3) is 0.300. The number of nitrogens with zero attached hydrogens (tertiary/aromatic N) is 3. The highest BCUT2D eigenvalue weighted by Gasteiger charge is 2.27. The van der Waals surface area contributed by atoms with Crippen LogP contribution in [0.3, 0.4) is 0 Å². The van der Waals surface area contributed by atoms with Gasteiger partial charge < -0.3 is 14.8 Å². The predicted octanol–water partition coefficient (Wildman–Crippen LogP) is 2.80. The quantitative estimate of drug-likeness (QED) is 0.652. The monoisotopic (exact) mass is 381 g/mol. The summed E-state index contributed by atoms with van der Waals surface area (Å²) in [7, 11) is 3.18. The summed E-state index contributed by atoms with van der Waals surface area (Å²) in [5.41, 5.74) is 3.68. The molecule has 1 atom stereocenters. The van der Waals surface area contributed by atoms with Crippen LogP contribution >= 0.6 is 0 Å². The van der Waals surface area contributed by atoms with Crippen molar-refractivity contribution in [2.24, 2.45) is 0 Å². The lowest BCUT2D eigenvalue weighted by Crippen LogP contribution is -2.24. The number of H-pyrrole nitrogens is 1. The number of ether oxygens (including phenoxy) is 2. The first-order valence-electron chi connectivity index (χ1n) is 8.83. The lowest BCUT2D eigenvalue weighted by Gasteiger charge is -2.17. The number of tetrazole rings is 1. The maximum Gasteiger partial charge on any atom is 0.235 e. The Morgan fingerprint density at radius 3 is 2.46 bits per heavy atom. The fourth-order valence-corrected chi connectivity index (χ4v) is 3.16. The van der Waals surface area contributed by atoms with Gasteiger partial charge in [-0.1, -0.05) is 11.3 Å². The first kappa shape index (κ1) is 19.3. The number of aryl methyl sites for hydroxylation is 2. The zero-order valence-electron chi connectivity index (χ0n) is 16.3. The van der Waals surface area contributed by atoms with Crippen LogP contribution in [0.5, 0.6) is 11.5 Å². The number of amides is 1. The Balaban J connectivity index is 1.91. The standard InChI is InChI=1S/C20H23N5O3/c1-12-7-13(2)9-15(8-12)21-20(26)17(19-22-24-25-23-19)11-14-10-16(27-3)5-6-18(14)28-4/h5-10,17H,11H2,1-4H3,(H,21,26)(H,22,23,24,25). The maximum absolute atomic E-state index is 13.1. The van der Waals surface area contributed by atoms with Gasteiger partial charge in [-0.25, -0.2) is 0 Å². The minimum atomic E-state index is -0.652. The molecule has 1 unspecified atom stereocenters. The van der Waals surface area contributed by atoms with E-state index in [1.807, 2.05) is 44.2 Å². The molecule has 8 heteroatoms. The number of hydrogen-bond acceptors (Lipinski definition) is 6. The lowest BCUT2D eigenvalue weighted by atomic mass is 9.96. The van der Waals surface area contributed by atoms with Gasteiger partial charge in [-0.15, -0.1) is 10.2 Å². The van der Waals surface area contributed by atoms with E-state index in [2.05, 4.69) is 25.9 Å². The van der Waals surface area contributed by atoms with Crippen LogP contribution in [0.1, 0.15) is 28.4 Å². The Labute approximate surface area is 163 Å². The van der Waals surface area contributed by atoms with Gasteiger partial charge in [0.15, 0.2) is 5.82 Å². The molecular weight excluding hydrogens is 358 g/mol. The summed E-state index contributed by atoms with van der Waals surface area (Å²) in [5.74, 6) is 0.773. The molecule has 1 amide bonds. The number of aromatic nitrogens is 4. The topological polar surface area (TPSA) is 102 Å². The average molecular weight is 381 g/mol. The third-order valence-corrected chi connectivity index (χ3v) is 4.39. The van der Waals surface area contributed by atoms with E-state index in [0.29, 0.717) is 23.7 Å². The molecule has 0 spiro atoms. The van der Waals surface area contributed by atoms with Crippen molar-refractivity contribution in [2.45, 2.75) is 26.2 Å². The highest BCUT2D eigenvalue weighted by molar-refractivity contribution is 5.95. The lowest BCUT2D eigenvalue weighted by molar-refractivity contribution is -0.117. The fourth-order valence-electron chi connectivity index (χ4n) is 3.16. The van der Waals surface area contributed by atoms with Crippen molar-refractivity contribution < 1.29 is 14.3 Å². The van der Waals surface area contributed by atoms with Gasteiger partial charge >= 0.3 is 0 Å². The number of methoxy groups -OCH3 is 2. The van der Waals surface area contributed by atoms with E-state index in [1.54, 1.807) is 20.3 Å². The molecule has 146 valence electrons. The number of carbonyl (C=O) groups excluding carboxylic acids is 1. The molecule has 0 radical (unpaired) electrons. The molecule has 2 N–H and O–H groups in total. The van der Waals surface area contributed by atoms with Gasteiger partial charge in [0.1, 0.15) is 17.4 Å². The zero-order valence-corrected chi connectivity index (χ0v) is 16.3. The van der Waals surface area contributed by atoms with Crippen LogP contribution in [0, 0.1) is 13.8 Å². The van der Waals surface area contributed by atoms with Crippen molar-refractivity contribution in [3.05, 3.63) is 58.9 Å². The molecule has 1 heterocycles. The Kier molecular flexibility index (Phi) is 5.88. The van der Waals surface area contributed by atoms with Gasteiger partial charge in [-0.2, -0.15) is 5.21 Å². The number of rotatable bonds is 7. The average Bonchev–Trinajstić information content (AvgIpc) is 3.19. The summed E-state index contributed by atoms with van der Waals surface area (Å²) in [6, 6.07) is 11.3. The summed E-state index contributed by atoms with van der Waals surface area (Å²) in [4.78, 5) is 13.1. The van der Waals surface area contributed by atoms with Crippen LogP contribution < -0.4 is 14.8 Å². The number of benzene rings is 2. The van der Waals surface area contributed by atoms with Gasteiger partial charge in [0, 0.05) is 5.69 Å². The highest BCUT2D eigenvalue weighted by Crippen LogP contribution is 2.29. The smallest absolute Gasteiger partial charge is 0.235 e. The summed E-state index contributed by atoms with van der Waals surface area (Å²) in [5, 5.41) is 17.0. The van der Waals surface area contributed by atoms with Crippen LogP contribution in [-0.4, -0.2) is 40.8 Å². The number of anilines is 1. The molecule has 0 fully saturated rings. The second-order valence-corrected chi connectivity index (χ2v) is 6.57. The molecule has 0 bridgehead atoms. The van der Waals surface area contributed by atoms with E-state index >= 15 is 0 Å². The van der Waals surface area contributed by atoms with E-state index in [4.69, 9.17) is 9.47 Å². The van der Waals surface area contributed by atoms with Crippen molar-refractivity contribution in [2.75, 3.05) is 19.5 Å². The van der Waals surface area contributed by atoms with Gasteiger partial charge in [-0.3, -0.25) is 4.79 Å². The minimum absolute atomic E-state index is 0.226. The molecule has 0 aliphatic heterocycles. The summed E-state index contributed by atoms with van der Waals surface area (Å²) < 4.78 is 10.7. The molecule has 3 rings (SSSR count). The van der Waals surface area contributed by atoms with Crippen LogP contribution in [0.4, 0.5) is 5.69 Å². The van der Waals surface area contributed by atoms with E-state index in [1.165, 1.54) is 0 Å². The molecule has 8 nitrogen and oxygen atoms in total. The van der Waals surface area contributed by atoms with Gasteiger partial charge in [0.25, 0.3) is 0 Å². The first-order chi connectivity index (χ1) is 13.5. The normalized spacial score (nSPS) is 11.7. The van der Waals surface area contributed by atoms with Crippen LogP contribution in [0.2, 0.25) is 0 Å². The molecule has 0 saturated carbocycles. The van der Waals surface area contributed by atoms with Gasteiger partial charge in [0.2, 0.25) is 5.91 Å². The largest absolute Gasteiger partial charge is 0.497 e. The summed E-state index contributed by atoms with van der Waals surface area (Å²) in [6.45, 7) is 3.97. The molecule has 3 aromatic rings. The second-order valence-electron chi connectivity index (χ2n) is 6.57. The number of carbonyl (C=O) groups is 1. The SMILES string of the molecule is COc1ccc(OC)c(CC(C(=O)Nc2cc(C)cc(C)c2)c2nn[nH]n2)c1. The Bertz CT molecular complexity index is 936. The molecule has 28 heavy (non-hydrogen) atoms. The Morgan fingerprint density at radius 1 is 1.11 bits per heavy atom. The van der Waals surface area contributed by atoms with Crippen LogP contribution in [0.15, 0.2) is 36.4 Å². The third kappa shape index (κ3) is 4.46. The number of hydrogen-bond donors (Lipinski definition) is 2. The van der Waals surface area contributed by atoms with Crippen LogP contribution in [0.25, 0.3) is 0 Å². The molecular formula is C20H23N5O3. The van der Waals surface area contributed by atoms with Crippen molar-refractivity contribution in [3.8, 4) is 11.5 Å². The Morgan fingerprint density at radius 2 is 1.86 bits per heavy atom. The van der Waals surface area contributed by atoms with E-state index < -0.39 is 5.92 Å². The van der Waals surface area contributed by atoms with Crippen molar-refractivity contribution in [3.63, 3.8) is 0 Å². The Hall–Kier alpha value is -3.42. The van der Waals surface area contributed by atoms with E-state index in [-0.39, 0.29) is 5.91 Å². The number of aromatic amines is 1. The molecule has 0 saturated heterocycles. The van der Waals surface area contributed by atoms with E-state index in [9.17, 15) is 4.79 Å². The van der Waals surface area contributed by atoms with Gasteiger partial charge in [0.05, 0.1) is 14.2 Å². The molecule has 0 aliphatic rings. The molecule has 1 aromatic heterocycles. The van der Waals surface area contributed by atoms with Crippen LogP contribution in [-0.2, 0) is 11.2 Å². The zero-order chi connectivity index (χ0) is 20.1. The summed E-state index contributed by atoms with van der Waals surface area (Å²) >= 11 is 0. The maximum atomic E-state index is 13.1. The van der Waals surface area contributed by atoms with Crippen molar-refractivity contribution in [1.82, 2.24) is 20.6 Å². The van der Waals surface area contributed by atoms with E-state index in [0.717, 1.165) is 22.4 Å². The molecule has 0 aliphatic carbocycles. The third-order valence-electron chi connectivity index (χ3n) is 4.39. The second kappa shape index (κ2) is 8.51. The molecule has 2 aromatic carbocycles. The highest BCUT2D eigenvalue weighted by atomic mass is 16.5. The first-order valence-corrected chi connectivity index (χ1v) is 8.83. The number of nitrogens with one attached hydrogen (secondary N) is 2. The summed E-state index contributed by atoms with van der Waals surface area (Å²) in [6.07, 6.45) is 0.330. The van der Waals surface area contributed by atoms with Crippen molar-refractivity contribution >= 4 is 11.6 Å².